The van der Waals surface area contributed by atoms with Crippen molar-refractivity contribution in [3.8, 4) is 0 Å². The van der Waals surface area contributed by atoms with Gasteiger partial charge >= 0.3 is 29.6 Å². The molecule has 0 N–H and O–H groups in total. The van der Waals surface area contributed by atoms with Gasteiger partial charge in [-0.3, -0.25) is 4.79 Å². The summed E-state index contributed by atoms with van der Waals surface area (Å²) >= 11 is 10.5. The zero-order chi connectivity index (χ0) is 7.56. The van der Waals surface area contributed by atoms with Gasteiger partial charge in [-0.15, -0.1) is 4.90 Å². The van der Waals surface area contributed by atoms with Crippen molar-refractivity contribution in [3.63, 3.8) is 0 Å². The van der Waals surface area contributed by atoms with Gasteiger partial charge in [0.25, 0.3) is 0 Å². The van der Waals surface area contributed by atoms with Crippen LogP contribution in [0, 0.1) is 0 Å². The van der Waals surface area contributed by atoms with Gasteiger partial charge in [0.15, 0.2) is 0 Å². The zero-order valence-corrected chi connectivity index (χ0v) is 9.58. The molecule has 0 radical (unpaired) electrons. The minimum absolute atomic E-state index is 0. The van der Waals surface area contributed by atoms with Crippen LogP contribution in [0.3, 0.4) is 0 Å². The molecule has 0 bridgehead atoms. The van der Waals surface area contributed by atoms with E-state index in [1.165, 1.54) is 0 Å². The molecule has 0 fully saturated rings. The minimum Gasteiger partial charge on any atom is -0.778 e. The van der Waals surface area contributed by atoms with Crippen molar-refractivity contribution >= 4 is 30.5 Å². The summed E-state index contributed by atoms with van der Waals surface area (Å²) in [5.74, 6) is 0. The van der Waals surface area contributed by atoms with Gasteiger partial charge in [-0.25, -0.2) is 0 Å². The van der Waals surface area contributed by atoms with Gasteiger partial charge < -0.3 is 12.6 Å². The van der Waals surface area contributed by atoms with E-state index in [1.54, 1.807) is 18.2 Å². The second-order valence-corrected chi connectivity index (χ2v) is 2.59. The van der Waals surface area contributed by atoms with E-state index >= 15 is 0 Å². The van der Waals surface area contributed by atoms with Crippen LogP contribution in [-0.2, 0) is 12.6 Å². The van der Waals surface area contributed by atoms with Gasteiger partial charge in [-0.2, -0.15) is 0 Å². The van der Waals surface area contributed by atoms with Gasteiger partial charge in [0.2, 0.25) is 0 Å². The number of halogens is 1. The first-order chi connectivity index (χ1) is 4.75. The topological polar surface area (TPSA) is 17.1 Å². The molecule has 1 aromatic rings. The summed E-state index contributed by atoms with van der Waals surface area (Å²) in [5, 5.41) is 0.458. The molecule has 0 heterocycles. The Balaban J connectivity index is 0.000001000. The fraction of sp³-hybridized carbons (Fsp3) is 0. The van der Waals surface area contributed by atoms with Gasteiger partial charge in [-0.05, 0) is 11.6 Å². The van der Waals surface area contributed by atoms with Crippen LogP contribution in [0.25, 0.3) is 0 Å². The van der Waals surface area contributed by atoms with Crippen LogP contribution in [0.5, 0.6) is 0 Å². The minimum atomic E-state index is 0. The van der Waals surface area contributed by atoms with Crippen LogP contribution in [0.2, 0.25) is 5.02 Å². The Labute approximate surface area is 97.8 Å². The fourth-order valence-electron chi connectivity index (χ4n) is 0.618. The monoisotopic (exact) mass is 194 g/mol. The molecule has 0 aliphatic heterocycles. The zero-order valence-electron chi connectivity index (χ0n) is 6.00. The first-order valence-corrected chi connectivity index (χ1v) is 3.45. The van der Waals surface area contributed by atoms with E-state index in [0.717, 1.165) is 0 Å². The SMILES string of the molecule is O=Cc1cccc(Cl)c1[S-].[Na+]. The molecular formula is C7H4ClNaOS. The number of hydrogen-bond donors (Lipinski definition) is 0. The van der Waals surface area contributed by atoms with Crippen molar-refractivity contribution in [1.29, 1.82) is 0 Å². The molecule has 0 aliphatic rings. The van der Waals surface area contributed by atoms with E-state index in [9.17, 15) is 4.79 Å². The van der Waals surface area contributed by atoms with Crippen molar-refractivity contribution in [3.05, 3.63) is 28.8 Å². The van der Waals surface area contributed by atoms with Gasteiger partial charge in [-0.1, -0.05) is 23.7 Å². The molecular weight excluding hydrogens is 191 g/mol. The van der Waals surface area contributed by atoms with E-state index < -0.39 is 0 Å². The molecule has 11 heavy (non-hydrogen) atoms. The van der Waals surface area contributed by atoms with Crippen LogP contribution in [-0.4, -0.2) is 6.29 Å². The normalized spacial score (nSPS) is 8.45. The Kier molecular flexibility index (Phi) is 5.30. The smallest absolute Gasteiger partial charge is 0.778 e. The Morgan fingerprint density at radius 2 is 2.09 bits per heavy atom. The summed E-state index contributed by atoms with van der Waals surface area (Å²) < 4.78 is 0. The first kappa shape index (κ1) is 11.4. The molecule has 0 saturated heterocycles. The van der Waals surface area contributed by atoms with Crippen LogP contribution in [0.4, 0.5) is 0 Å². The predicted molar refractivity (Wildman–Crippen MR) is 42.5 cm³/mol. The Hall–Kier alpha value is 0.400. The molecule has 0 amide bonds. The molecule has 0 aromatic heterocycles. The number of rotatable bonds is 1. The number of carbonyl (C=O) groups is 1. The molecule has 0 atom stereocenters. The Bertz CT molecular complexity index is 265. The third-order valence-electron chi connectivity index (χ3n) is 1.12. The van der Waals surface area contributed by atoms with Gasteiger partial charge in [0.05, 0.1) is 0 Å². The summed E-state index contributed by atoms with van der Waals surface area (Å²) in [6.07, 6.45) is 0.703. The first-order valence-electron chi connectivity index (χ1n) is 2.66. The summed E-state index contributed by atoms with van der Waals surface area (Å²) in [6.45, 7) is 0. The molecule has 0 unspecified atom stereocenters. The molecule has 0 spiro atoms. The number of hydrogen-bond acceptors (Lipinski definition) is 2. The second-order valence-electron chi connectivity index (χ2n) is 1.78. The summed E-state index contributed by atoms with van der Waals surface area (Å²) in [4.78, 5) is 10.7. The molecule has 0 saturated carbocycles. The number of aldehydes is 1. The summed E-state index contributed by atoms with van der Waals surface area (Å²) in [6, 6.07) is 5.00. The largest absolute Gasteiger partial charge is 1.00 e. The van der Waals surface area contributed by atoms with Crippen LogP contribution in [0.1, 0.15) is 10.4 Å². The van der Waals surface area contributed by atoms with E-state index in [0.29, 0.717) is 21.8 Å². The number of benzene rings is 1. The van der Waals surface area contributed by atoms with Crippen LogP contribution < -0.4 is 29.6 Å². The third kappa shape index (κ3) is 2.73. The fourth-order valence-corrected chi connectivity index (χ4v) is 0.984. The van der Waals surface area contributed by atoms with Crippen molar-refractivity contribution in [2.45, 2.75) is 4.90 Å². The van der Waals surface area contributed by atoms with Gasteiger partial charge in [0, 0.05) is 5.02 Å². The van der Waals surface area contributed by atoms with Gasteiger partial charge in [0.1, 0.15) is 6.29 Å². The molecule has 1 nitrogen and oxygen atoms in total. The van der Waals surface area contributed by atoms with E-state index in [2.05, 4.69) is 0 Å². The molecule has 1 aromatic carbocycles. The van der Waals surface area contributed by atoms with Crippen molar-refractivity contribution in [1.82, 2.24) is 0 Å². The maximum absolute atomic E-state index is 10.3. The Morgan fingerprint density at radius 3 is 2.55 bits per heavy atom. The molecule has 0 aliphatic carbocycles. The Morgan fingerprint density at radius 1 is 1.45 bits per heavy atom. The average molecular weight is 195 g/mol. The maximum Gasteiger partial charge on any atom is 1.00 e. The van der Waals surface area contributed by atoms with E-state index in [-0.39, 0.29) is 29.6 Å². The standard InChI is InChI=1S/C7H5ClOS.Na/c8-6-3-1-2-5(4-9)7(6)10;/h1-4,10H;/q;+1/p-1. The second kappa shape index (κ2) is 5.12. The van der Waals surface area contributed by atoms with Crippen molar-refractivity contribution < 1.29 is 34.4 Å². The van der Waals surface area contributed by atoms with Crippen LogP contribution >= 0.6 is 11.6 Å². The summed E-state index contributed by atoms with van der Waals surface area (Å²) in [5.41, 5.74) is 0.475. The van der Waals surface area contributed by atoms with E-state index in [1.807, 2.05) is 0 Å². The molecule has 1 rings (SSSR count). The average Bonchev–Trinajstić information content (AvgIpc) is 1.95. The van der Waals surface area contributed by atoms with Crippen molar-refractivity contribution in [2.75, 3.05) is 0 Å². The van der Waals surface area contributed by atoms with E-state index in [4.69, 9.17) is 24.2 Å². The van der Waals surface area contributed by atoms with Crippen LogP contribution in [0.15, 0.2) is 23.1 Å². The van der Waals surface area contributed by atoms with Crippen molar-refractivity contribution in [2.24, 2.45) is 0 Å². The third-order valence-corrected chi connectivity index (χ3v) is 2.01. The predicted octanol–water partition coefficient (Wildman–Crippen LogP) is -0.938. The number of carbonyl (C=O) groups excluding carboxylic acids is 1. The summed E-state index contributed by atoms with van der Waals surface area (Å²) in [7, 11) is 0. The molecule has 52 valence electrons. The maximum atomic E-state index is 10.3. The molecule has 4 heteroatoms. The quantitative estimate of drug-likeness (QED) is 0.326.